The number of thiol groups is 1. The van der Waals surface area contributed by atoms with Crippen LogP contribution in [0.2, 0.25) is 0 Å². The molecule has 3 aromatic rings. The van der Waals surface area contributed by atoms with Gasteiger partial charge in [-0.25, -0.2) is 0 Å². The van der Waals surface area contributed by atoms with E-state index in [1.807, 2.05) is 24.4 Å². The summed E-state index contributed by atoms with van der Waals surface area (Å²) in [5, 5.41) is 1.07. The smallest absolute Gasteiger partial charge is 0.0970 e. The Morgan fingerprint density at radius 1 is 1.07 bits per heavy atom. The fraction of sp³-hybridized carbons (Fsp3) is 0. The Balaban J connectivity index is 2.64. The van der Waals surface area contributed by atoms with E-state index >= 15 is 0 Å². The summed E-state index contributed by atoms with van der Waals surface area (Å²) < 4.78 is 1.76. The molecule has 3 rings (SSSR count). The summed E-state index contributed by atoms with van der Waals surface area (Å²) in [6.07, 6.45) is 5.34. The van der Waals surface area contributed by atoms with E-state index in [-0.39, 0.29) is 0 Å². The van der Waals surface area contributed by atoms with Crippen LogP contribution in [-0.2, 0) is 0 Å². The van der Waals surface area contributed by atoms with Gasteiger partial charge < -0.3 is 0 Å². The first-order valence-electron chi connectivity index (χ1n) is 4.26. The van der Waals surface area contributed by atoms with Gasteiger partial charge in [-0.1, -0.05) is 12.8 Å². The van der Waals surface area contributed by atoms with Crippen LogP contribution in [0.5, 0.6) is 0 Å². The lowest BCUT2D eigenvalue weighted by Crippen LogP contribution is -1.88. The molecule has 0 amide bonds. The number of hydrogen-bond donors (Lipinski definition) is 1. The predicted octanol–water partition coefficient (Wildman–Crippen LogP) is 2.28. The highest BCUT2D eigenvalue weighted by molar-refractivity contribution is 7.78. The summed E-state index contributed by atoms with van der Waals surface area (Å²) in [6, 6.07) is 5.93. The number of rotatable bonds is 0. The molecule has 4 heteroatoms. The molecule has 0 unspecified atom stereocenters. The Kier molecular flexibility index (Phi) is 1.52. The SMILES string of the molecule is Sn1ccnc2c3ccnc3ccc21. The Hall–Kier alpha value is -1.55. The van der Waals surface area contributed by atoms with Gasteiger partial charge in [0, 0.05) is 24.0 Å². The summed E-state index contributed by atoms with van der Waals surface area (Å²) in [5.74, 6) is 0. The van der Waals surface area contributed by atoms with Crippen molar-refractivity contribution >= 4 is 34.8 Å². The number of benzene rings is 1. The van der Waals surface area contributed by atoms with Crippen molar-refractivity contribution in [1.29, 1.82) is 0 Å². The maximum Gasteiger partial charge on any atom is 0.0970 e. The number of aromatic nitrogens is 3. The Labute approximate surface area is 85.9 Å². The molecule has 2 heterocycles. The predicted molar refractivity (Wildman–Crippen MR) is 59.4 cm³/mol. The molecule has 0 bridgehead atoms. The van der Waals surface area contributed by atoms with E-state index in [2.05, 4.69) is 22.8 Å². The van der Waals surface area contributed by atoms with Gasteiger partial charge in [0.05, 0.1) is 16.6 Å². The van der Waals surface area contributed by atoms with Crippen molar-refractivity contribution in [1.82, 2.24) is 13.9 Å². The van der Waals surface area contributed by atoms with Gasteiger partial charge in [0.15, 0.2) is 0 Å². The summed E-state index contributed by atoms with van der Waals surface area (Å²) in [6.45, 7) is 0. The highest BCUT2D eigenvalue weighted by Gasteiger charge is 2.03. The number of nitrogens with zero attached hydrogens (tertiary/aromatic N) is 3. The lowest BCUT2D eigenvalue weighted by molar-refractivity contribution is 1.25. The van der Waals surface area contributed by atoms with Gasteiger partial charge in [-0.05, 0) is 18.2 Å². The van der Waals surface area contributed by atoms with Crippen molar-refractivity contribution in [2.45, 2.75) is 0 Å². The maximum absolute atomic E-state index is 4.33. The molecule has 2 aromatic heterocycles. The molecular weight excluding hydrogens is 194 g/mol. The van der Waals surface area contributed by atoms with Crippen LogP contribution in [0.4, 0.5) is 0 Å². The Morgan fingerprint density at radius 3 is 2.93 bits per heavy atom. The van der Waals surface area contributed by atoms with Crippen LogP contribution in [-0.4, -0.2) is 13.9 Å². The van der Waals surface area contributed by atoms with Crippen LogP contribution in [0.25, 0.3) is 21.9 Å². The van der Waals surface area contributed by atoms with Crippen LogP contribution in [0.15, 0.2) is 36.8 Å². The first kappa shape index (κ1) is 7.82. The minimum Gasteiger partial charge on any atom is -0.291 e. The van der Waals surface area contributed by atoms with Gasteiger partial charge in [-0.2, -0.15) is 0 Å². The van der Waals surface area contributed by atoms with Crippen LogP contribution >= 0.6 is 12.8 Å². The van der Waals surface area contributed by atoms with E-state index < -0.39 is 0 Å². The van der Waals surface area contributed by atoms with Crippen molar-refractivity contribution in [3.8, 4) is 0 Å². The molecule has 0 saturated carbocycles. The minimum absolute atomic E-state index is 0.942. The molecular formula is C10H7N3S. The quantitative estimate of drug-likeness (QED) is 0.566. The summed E-state index contributed by atoms with van der Waals surface area (Å²) >= 11 is 4.31. The van der Waals surface area contributed by atoms with E-state index in [0.29, 0.717) is 0 Å². The second-order valence-corrected chi connectivity index (χ2v) is 3.51. The Bertz CT molecular complexity index is 615. The van der Waals surface area contributed by atoms with E-state index in [0.717, 1.165) is 21.9 Å². The molecule has 0 aliphatic carbocycles. The van der Waals surface area contributed by atoms with Gasteiger partial charge in [-0.15, -0.1) is 0 Å². The average molecular weight is 201 g/mol. The topological polar surface area (TPSA) is 30.7 Å². The third-order valence-corrected chi connectivity index (χ3v) is 2.63. The average Bonchev–Trinajstić information content (AvgIpc) is 2.66. The first-order valence-corrected chi connectivity index (χ1v) is 4.66. The number of hydrogen-bond acceptors (Lipinski definition) is 3. The van der Waals surface area contributed by atoms with Crippen LogP contribution in [0.3, 0.4) is 0 Å². The third-order valence-electron chi connectivity index (χ3n) is 2.29. The van der Waals surface area contributed by atoms with Gasteiger partial charge in [0.1, 0.15) is 0 Å². The van der Waals surface area contributed by atoms with Crippen molar-refractivity contribution in [2.75, 3.05) is 0 Å². The largest absolute Gasteiger partial charge is 0.291 e. The monoisotopic (exact) mass is 201 g/mol. The zero-order valence-electron chi connectivity index (χ0n) is 7.25. The van der Waals surface area contributed by atoms with Crippen molar-refractivity contribution in [3.05, 3.63) is 36.8 Å². The molecule has 3 nitrogen and oxygen atoms in total. The second-order valence-electron chi connectivity index (χ2n) is 3.08. The van der Waals surface area contributed by atoms with E-state index in [4.69, 9.17) is 0 Å². The Morgan fingerprint density at radius 2 is 2.00 bits per heavy atom. The standard InChI is InChI=1S/C10H7N3S/c14-13-6-5-12-10-7-3-4-11-8(7)1-2-9(10)13/h1-6,14H. The van der Waals surface area contributed by atoms with Crippen molar-refractivity contribution < 1.29 is 0 Å². The van der Waals surface area contributed by atoms with Crippen LogP contribution in [0.1, 0.15) is 0 Å². The van der Waals surface area contributed by atoms with Crippen molar-refractivity contribution in [2.24, 2.45) is 0 Å². The van der Waals surface area contributed by atoms with Crippen LogP contribution < -0.4 is 0 Å². The molecule has 1 aromatic carbocycles. The molecule has 68 valence electrons. The fourth-order valence-corrected chi connectivity index (χ4v) is 1.85. The minimum atomic E-state index is 0.942. The molecule has 0 radical (unpaired) electrons. The molecule has 0 aliphatic rings. The molecule has 0 fully saturated rings. The van der Waals surface area contributed by atoms with Gasteiger partial charge in [0.25, 0.3) is 0 Å². The molecule has 14 heavy (non-hydrogen) atoms. The van der Waals surface area contributed by atoms with Gasteiger partial charge in [-0.3, -0.25) is 13.9 Å². The molecule has 0 aliphatic heterocycles. The van der Waals surface area contributed by atoms with Crippen LogP contribution in [0, 0.1) is 0 Å². The zero-order valence-corrected chi connectivity index (χ0v) is 8.15. The molecule has 0 spiro atoms. The van der Waals surface area contributed by atoms with Gasteiger partial charge in [0.2, 0.25) is 0 Å². The normalized spacial score (nSPS) is 11.2. The fourth-order valence-electron chi connectivity index (χ4n) is 1.63. The molecule has 0 atom stereocenters. The lowest BCUT2D eigenvalue weighted by Gasteiger charge is -2.03. The maximum atomic E-state index is 4.33. The van der Waals surface area contributed by atoms with E-state index in [1.165, 1.54) is 0 Å². The van der Waals surface area contributed by atoms with E-state index in [1.54, 1.807) is 16.4 Å². The molecule has 0 N–H and O–H groups in total. The zero-order chi connectivity index (χ0) is 9.54. The summed E-state index contributed by atoms with van der Waals surface area (Å²) in [5.41, 5.74) is 2.92. The molecule has 0 saturated heterocycles. The second kappa shape index (κ2) is 2.72. The summed E-state index contributed by atoms with van der Waals surface area (Å²) in [4.78, 5) is 8.56. The van der Waals surface area contributed by atoms with E-state index in [9.17, 15) is 0 Å². The van der Waals surface area contributed by atoms with Crippen molar-refractivity contribution in [3.63, 3.8) is 0 Å². The lowest BCUT2D eigenvalue weighted by atomic mass is 10.2. The summed E-state index contributed by atoms with van der Waals surface area (Å²) in [7, 11) is 0. The highest BCUT2D eigenvalue weighted by atomic mass is 32.1. The first-order chi connectivity index (χ1) is 6.86. The number of fused-ring (bicyclic) bond motifs is 3. The highest BCUT2D eigenvalue weighted by Crippen LogP contribution is 2.22. The van der Waals surface area contributed by atoms with Gasteiger partial charge >= 0.3 is 0 Å². The third kappa shape index (κ3) is 0.943.